The Kier molecular flexibility index (Phi) is 4.50. The molecule has 1 atom stereocenters. The molecule has 6 heteroatoms. The fourth-order valence-corrected chi connectivity index (χ4v) is 4.07. The van der Waals surface area contributed by atoms with Crippen LogP contribution in [0.5, 0.6) is 0 Å². The second kappa shape index (κ2) is 7.31. The summed E-state index contributed by atoms with van der Waals surface area (Å²) in [7, 11) is 0. The van der Waals surface area contributed by atoms with Crippen LogP contribution in [0.15, 0.2) is 67.3 Å². The van der Waals surface area contributed by atoms with Gasteiger partial charge < -0.3 is 15.9 Å². The van der Waals surface area contributed by atoms with Crippen molar-refractivity contribution in [2.24, 2.45) is 5.73 Å². The standard InChI is InChI=1S/C23H24N6/c24-19-8-10-28(14-19)12-16-4-6-17(7-5-16)18-11-27-23-22(20(25)15-29(23)13-18)21-3-1-2-9-26-21/h1-7,9,11,13,15,19H,8,10,12,14,24-25H2/t19-/m1/s1. The molecule has 1 saturated heterocycles. The Hall–Kier alpha value is -3.22. The molecule has 0 spiro atoms. The van der Waals surface area contributed by atoms with E-state index >= 15 is 0 Å². The summed E-state index contributed by atoms with van der Waals surface area (Å²) < 4.78 is 1.98. The van der Waals surface area contributed by atoms with Crippen molar-refractivity contribution in [3.8, 4) is 22.4 Å². The topological polar surface area (TPSA) is 85.5 Å². The minimum absolute atomic E-state index is 0.317. The van der Waals surface area contributed by atoms with Gasteiger partial charge in [0.05, 0.1) is 16.9 Å². The molecule has 29 heavy (non-hydrogen) atoms. The molecular formula is C23H24N6. The van der Waals surface area contributed by atoms with Gasteiger partial charge in [-0.15, -0.1) is 0 Å². The van der Waals surface area contributed by atoms with Crippen LogP contribution >= 0.6 is 0 Å². The molecule has 0 radical (unpaired) electrons. The van der Waals surface area contributed by atoms with E-state index in [0.29, 0.717) is 11.7 Å². The monoisotopic (exact) mass is 384 g/mol. The Labute approximate surface area is 169 Å². The number of pyridine rings is 1. The zero-order valence-electron chi connectivity index (χ0n) is 16.2. The van der Waals surface area contributed by atoms with Crippen LogP contribution in [-0.2, 0) is 6.54 Å². The average Bonchev–Trinajstić information content (AvgIpc) is 3.30. The van der Waals surface area contributed by atoms with Crippen LogP contribution in [0.2, 0.25) is 0 Å². The third kappa shape index (κ3) is 3.48. The number of anilines is 1. The predicted octanol–water partition coefficient (Wildman–Crippen LogP) is 3.18. The lowest BCUT2D eigenvalue weighted by Crippen LogP contribution is -2.26. The van der Waals surface area contributed by atoms with E-state index in [9.17, 15) is 0 Å². The van der Waals surface area contributed by atoms with Gasteiger partial charge >= 0.3 is 0 Å². The van der Waals surface area contributed by atoms with Gasteiger partial charge in [0.1, 0.15) is 5.65 Å². The van der Waals surface area contributed by atoms with Crippen molar-refractivity contribution < 1.29 is 0 Å². The number of hydrogen-bond acceptors (Lipinski definition) is 5. The molecule has 0 aliphatic carbocycles. The van der Waals surface area contributed by atoms with Gasteiger partial charge in [0.2, 0.25) is 0 Å². The van der Waals surface area contributed by atoms with E-state index in [-0.39, 0.29) is 0 Å². The van der Waals surface area contributed by atoms with Crippen molar-refractivity contribution in [2.75, 3.05) is 18.8 Å². The first kappa shape index (κ1) is 17.8. The Bertz CT molecular complexity index is 1130. The van der Waals surface area contributed by atoms with Gasteiger partial charge in [-0.05, 0) is 29.7 Å². The maximum absolute atomic E-state index is 6.27. The molecule has 4 aromatic rings. The first-order valence-corrected chi connectivity index (χ1v) is 9.92. The maximum atomic E-state index is 6.27. The number of aromatic nitrogens is 3. The molecule has 0 bridgehead atoms. The van der Waals surface area contributed by atoms with Crippen LogP contribution < -0.4 is 11.5 Å². The van der Waals surface area contributed by atoms with Crippen molar-refractivity contribution in [2.45, 2.75) is 19.0 Å². The van der Waals surface area contributed by atoms with Crippen molar-refractivity contribution in [3.63, 3.8) is 0 Å². The van der Waals surface area contributed by atoms with E-state index in [0.717, 1.165) is 54.1 Å². The van der Waals surface area contributed by atoms with Gasteiger partial charge in [-0.3, -0.25) is 9.88 Å². The summed E-state index contributed by atoms with van der Waals surface area (Å²) in [5, 5.41) is 0. The number of benzene rings is 1. The van der Waals surface area contributed by atoms with Crippen LogP contribution in [0.4, 0.5) is 5.69 Å². The molecule has 1 fully saturated rings. The van der Waals surface area contributed by atoms with Gasteiger partial charge in [-0.2, -0.15) is 0 Å². The highest BCUT2D eigenvalue weighted by Gasteiger charge is 2.19. The molecule has 0 amide bonds. The summed E-state index contributed by atoms with van der Waals surface area (Å²) in [4.78, 5) is 11.5. The first-order chi connectivity index (χ1) is 14.2. The fraction of sp³-hybridized carbons (Fsp3) is 0.217. The number of hydrogen-bond donors (Lipinski definition) is 2. The van der Waals surface area contributed by atoms with Crippen LogP contribution in [0.25, 0.3) is 28.0 Å². The minimum Gasteiger partial charge on any atom is -0.397 e. The predicted molar refractivity (Wildman–Crippen MR) is 116 cm³/mol. The molecule has 0 unspecified atom stereocenters. The highest BCUT2D eigenvalue weighted by atomic mass is 15.2. The number of nitrogens with zero attached hydrogens (tertiary/aromatic N) is 4. The summed E-state index contributed by atoms with van der Waals surface area (Å²) in [6, 6.07) is 14.8. The van der Waals surface area contributed by atoms with Gasteiger partial charge in [-0.1, -0.05) is 30.3 Å². The molecule has 1 aliphatic rings. The molecule has 4 N–H and O–H groups in total. The molecule has 6 nitrogen and oxygen atoms in total. The Morgan fingerprint density at radius 1 is 1.00 bits per heavy atom. The van der Waals surface area contributed by atoms with E-state index < -0.39 is 0 Å². The lowest BCUT2D eigenvalue weighted by Gasteiger charge is -2.15. The van der Waals surface area contributed by atoms with Crippen molar-refractivity contribution in [1.29, 1.82) is 0 Å². The third-order valence-corrected chi connectivity index (χ3v) is 5.56. The van der Waals surface area contributed by atoms with E-state index in [2.05, 4.69) is 45.3 Å². The van der Waals surface area contributed by atoms with Crippen LogP contribution in [0.1, 0.15) is 12.0 Å². The Balaban J connectivity index is 1.42. The third-order valence-electron chi connectivity index (χ3n) is 5.56. The lowest BCUT2D eigenvalue weighted by molar-refractivity contribution is 0.327. The number of likely N-dealkylation sites (tertiary alicyclic amines) is 1. The molecule has 4 heterocycles. The van der Waals surface area contributed by atoms with E-state index in [1.807, 2.05) is 35.0 Å². The van der Waals surface area contributed by atoms with Crippen molar-refractivity contribution in [3.05, 3.63) is 72.8 Å². The Morgan fingerprint density at radius 3 is 2.59 bits per heavy atom. The van der Waals surface area contributed by atoms with Crippen LogP contribution in [0.3, 0.4) is 0 Å². The van der Waals surface area contributed by atoms with Crippen LogP contribution in [0, 0.1) is 0 Å². The van der Waals surface area contributed by atoms with Gasteiger partial charge in [0.25, 0.3) is 0 Å². The van der Waals surface area contributed by atoms with E-state index in [4.69, 9.17) is 11.5 Å². The molecule has 1 aromatic carbocycles. The average molecular weight is 384 g/mol. The summed E-state index contributed by atoms with van der Waals surface area (Å²) in [5.41, 5.74) is 19.0. The molecular weight excluding hydrogens is 360 g/mol. The normalized spacial score (nSPS) is 17.2. The highest BCUT2D eigenvalue weighted by Crippen LogP contribution is 2.31. The van der Waals surface area contributed by atoms with Crippen molar-refractivity contribution >= 4 is 11.3 Å². The number of rotatable bonds is 4. The zero-order chi connectivity index (χ0) is 19.8. The summed E-state index contributed by atoms with van der Waals surface area (Å²) >= 11 is 0. The van der Waals surface area contributed by atoms with Crippen molar-refractivity contribution in [1.82, 2.24) is 19.3 Å². The minimum atomic E-state index is 0.317. The fourth-order valence-electron chi connectivity index (χ4n) is 4.07. The highest BCUT2D eigenvalue weighted by molar-refractivity contribution is 5.87. The second-order valence-electron chi connectivity index (χ2n) is 7.73. The lowest BCUT2D eigenvalue weighted by atomic mass is 10.1. The SMILES string of the molecule is Nc1cn2cc(-c3ccc(CN4CC[C@@H](N)C4)cc3)cnc2c1-c1ccccn1. The van der Waals surface area contributed by atoms with E-state index in [1.165, 1.54) is 5.56 Å². The molecule has 0 saturated carbocycles. The van der Waals surface area contributed by atoms with Gasteiger partial charge in [-0.25, -0.2) is 4.98 Å². The van der Waals surface area contributed by atoms with Crippen LogP contribution in [-0.4, -0.2) is 38.4 Å². The molecule has 146 valence electrons. The second-order valence-corrected chi connectivity index (χ2v) is 7.73. The molecule has 1 aliphatic heterocycles. The molecule has 3 aromatic heterocycles. The zero-order valence-corrected chi connectivity index (χ0v) is 16.2. The summed E-state index contributed by atoms with van der Waals surface area (Å²) in [6.07, 6.45) is 8.73. The quantitative estimate of drug-likeness (QED) is 0.564. The number of nitrogens with two attached hydrogens (primary N) is 2. The van der Waals surface area contributed by atoms with Gasteiger partial charge in [0.15, 0.2) is 0 Å². The largest absolute Gasteiger partial charge is 0.397 e. The summed E-state index contributed by atoms with van der Waals surface area (Å²) in [6.45, 7) is 3.01. The number of nitrogen functional groups attached to an aromatic ring is 1. The van der Waals surface area contributed by atoms with Gasteiger partial charge in [0, 0.05) is 56.0 Å². The smallest absolute Gasteiger partial charge is 0.148 e. The maximum Gasteiger partial charge on any atom is 0.148 e. The number of fused-ring (bicyclic) bond motifs is 1. The van der Waals surface area contributed by atoms with E-state index in [1.54, 1.807) is 6.20 Å². The first-order valence-electron chi connectivity index (χ1n) is 9.92. The Morgan fingerprint density at radius 2 is 1.86 bits per heavy atom. The molecule has 5 rings (SSSR count). The summed E-state index contributed by atoms with van der Waals surface area (Å²) in [5.74, 6) is 0.